The van der Waals surface area contributed by atoms with E-state index in [-0.39, 0.29) is 17.3 Å². The van der Waals surface area contributed by atoms with Gasteiger partial charge < -0.3 is 15.4 Å². The van der Waals surface area contributed by atoms with Crippen LogP contribution in [0.4, 0.5) is 11.4 Å². The van der Waals surface area contributed by atoms with Gasteiger partial charge in [-0.2, -0.15) is 0 Å². The van der Waals surface area contributed by atoms with Gasteiger partial charge in [0.15, 0.2) is 9.84 Å². The molecule has 0 fully saturated rings. The van der Waals surface area contributed by atoms with Gasteiger partial charge in [0.1, 0.15) is 5.75 Å². The second kappa shape index (κ2) is 7.15. The summed E-state index contributed by atoms with van der Waals surface area (Å²) in [7, 11) is -1.72. The highest BCUT2D eigenvalue weighted by Crippen LogP contribution is 2.17. The molecule has 0 spiro atoms. The highest BCUT2D eigenvalue weighted by atomic mass is 32.2. The van der Waals surface area contributed by atoms with Crippen LogP contribution < -0.4 is 15.4 Å². The number of rotatable bonds is 6. The van der Waals surface area contributed by atoms with Gasteiger partial charge in [-0.15, -0.1) is 0 Å². The van der Waals surface area contributed by atoms with E-state index >= 15 is 0 Å². The molecule has 2 aromatic carbocycles. The maximum atomic E-state index is 11.9. The summed E-state index contributed by atoms with van der Waals surface area (Å²) in [4.78, 5) is 12.1. The number of sulfone groups is 1. The Morgan fingerprint density at radius 3 is 2.48 bits per heavy atom. The molecule has 0 heterocycles. The zero-order valence-corrected chi connectivity index (χ0v) is 13.7. The van der Waals surface area contributed by atoms with Crippen LogP contribution in [-0.2, 0) is 14.6 Å². The Morgan fingerprint density at radius 1 is 1.09 bits per heavy atom. The zero-order valence-electron chi connectivity index (χ0n) is 12.9. The molecule has 0 unspecified atom stereocenters. The molecule has 23 heavy (non-hydrogen) atoms. The molecule has 0 aliphatic heterocycles. The molecule has 6 nitrogen and oxygen atoms in total. The van der Waals surface area contributed by atoms with Gasteiger partial charge in [-0.3, -0.25) is 4.79 Å². The molecule has 0 saturated heterocycles. The fourth-order valence-electron chi connectivity index (χ4n) is 1.93. The van der Waals surface area contributed by atoms with Crippen molar-refractivity contribution in [1.82, 2.24) is 0 Å². The predicted molar refractivity (Wildman–Crippen MR) is 89.7 cm³/mol. The van der Waals surface area contributed by atoms with Gasteiger partial charge in [0.2, 0.25) is 5.91 Å². The number of anilines is 2. The first kappa shape index (κ1) is 16.8. The quantitative estimate of drug-likeness (QED) is 0.845. The fourth-order valence-corrected chi connectivity index (χ4v) is 2.59. The number of hydrogen-bond donors (Lipinski definition) is 2. The predicted octanol–water partition coefficient (Wildman–Crippen LogP) is 2.15. The van der Waals surface area contributed by atoms with Crippen molar-refractivity contribution in [2.24, 2.45) is 0 Å². The molecule has 0 aromatic heterocycles. The van der Waals surface area contributed by atoms with Crippen molar-refractivity contribution in [1.29, 1.82) is 0 Å². The molecule has 0 saturated carbocycles. The van der Waals surface area contributed by atoms with E-state index in [2.05, 4.69) is 10.6 Å². The molecular formula is C16H18N2O4S. The number of carbonyl (C=O) groups is 1. The van der Waals surface area contributed by atoms with Crippen molar-refractivity contribution in [3.05, 3.63) is 48.5 Å². The molecular weight excluding hydrogens is 316 g/mol. The maximum absolute atomic E-state index is 11.9. The standard InChI is InChI=1S/C16H18N2O4S/c1-22-14-7-3-6-13(9-14)18-16(19)11-17-12-5-4-8-15(10-12)23(2,20)21/h3-10,17H,11H2,1-2H3,(H,18,19). The first-order valence-corrected chi connectivity index (χ1v) is 8.75. The lowest BCUT2D eigenvalue weighted by Gasteiger charge is -2.09. The van der Waals surface area contributed by atoms with Crippen LogP contribution in [0.1, 0.15) is 0 Å². The molecule has 0 atom stereocenters. The summed E-state index contributed by atoms with van der Waals surface area (Å²) in [6.07, 6.45) is 1.14. The second-order valence-electron chi connectivity index (χ2n) is 4.93. The fraction of sp³-hybridized carbons (Fsp3) is 0.188. The molecule has 7 heteroatoms. The average Bonchev–Trinajstić information content (AvgIpc) is 2.52. The van der Waals surface area contributed by atoms with Crippen LogP contribution in [0, 0.1) is 0 Å². The third-order valence-corrected chi connectivity index (χ3v) is 4.18. The van der Waals surface area contributed by atoms with E-state index in [0.717, 1.165) is 6.26 Å². The van der Waals surface area contributed by atoms with Gasteiger partial charge in [-0.1, -0.05) is 12.1 Å². The summed E-state index contributed by atoms with van der Waals surface area (Å²) in [6.45, 7) is 0.0183. The zero-order chi connectivity index (χ0) is 16.9. The number of nitrogens with one attached hydrogen (secondary N) is 2. The third kappa shape index (κ3) is 5.00. The van der Waals surface area contributed by atoms with Crippen molar-refractivity contribution >= 4 is 27.1 Å². The van der Waals surface area contributed by atoms with E-state index in [1.54, 1.807) is 43.5 Å². The minimum atomic E-state index is -3.27. The van der Waals surface area contributed by atoms with E-state index in [1.807, 2.05) is 0 Å². The van der Waals surface area contributed by atoms with Crippen molar-refractivity contribution in [3.8, 4) is 5.75 Å². The summed E-state index contributed by atoms with van der Waals surface area (Å²) in [6, 6.07) is 13.4. The minimum Gasteiger partial charge on any atom is -0.497 e. The summed E-state index contributed by atoms with van der Waals surface area (Å²) in [5.74, 6) is 0.402. The van der Waals surface area contributed by atoms with Gasteiger partial charge >= 0.3 is 0 Å². The second-order valence-corrected chi connectivity index (χ2v) is 6.95. The number of hydrogen-bond acceptors (Lipinski definition) is 5. The summed E-state index contributed by atoms with van der Waals surface area (Å²) >= 11 is 0. The lowest BCUT2D eigenvalue weighted by molar-refractivity contribution is -0.114. The number of methoxy groups -OCH3 is 1. The maximum Gasteiger partial charge on any atom is 0.243 e. The Labute approximate surface area is 135 Å². The molecule has 0 bridgehead atoms. The SMILES string of the molecule is COc1cccc(NC(=O)CNc2cccc(S(C)(=O)=O)c2)c1. The molecule has 2 aromatic rings. The van der Waals surface area contributed by atoms with Gasteiger partial charge in [0.05, 0.1) is 18.6 Å². The third-order valence-electron chi connectivity index (χ3n) is 3.07. The molecule has 1 amide bonds. The average molecular weight is 334 g/mol. The monoisotopic (exact) mass is 334 g/mol. The topological polar surface area (TPSA) is 84.5 Å². The van der Waals surface area contributed by atoms with Crippen molar-refractivity contribution in [2.75, 3.05) is 30.5 Å². The molecule has 2 N–H and O–H groups in total. The summed E-state index contributed by atoms with van der Waals surface area (Å²) < 4.78 is 28.1. The Bertz CT molecular complexity index is 803. The van der Waals surface area contributed by atoms with E-state index in [0.29, 0.717) is 17.1 Å². The highest BCUT2D eigenvalue weighted by Gasteiger charge is 2.08. The highest BCUT2D eigenvalue weighted by molar-refractivity contribution is 7.90. The van der Waals surface area contributed by atoms with E-state index in [4.69, 9.17) is 4.74 Å². The number of carbonyl (C=O) groups excluding carboxylic acids is 1. The van der Waals surface area contributed by atoms with Gasteiger partial charge in [-0.25, -0.2) is 8.42 Å². The van der Waals surface area contributed by atoms with Crippen LogP contribution in [0.5, 0.6) is 5.75 Å². The Hall–Kier alpha value is -2.54. The lowest BCUT2D eigenvalue weighted by atomic mass is 10.3. The van der Waals surface area contributed by atoms with Crippen LogP contribution in [0.15, 0.2) is 53.4 Å². The van der Waals surface area contributed by atoms with E-state index in [1.165, 1.54) is 12.1 Å². The number of ether oxygens (including phenoxy) is 1. The Kier molecular flexibility index (Phi) is 5.23. The Morgan fingerprint density at radius 2 is 1.78 bits per heavy atom. The normalized spacial score (nSPS) is 10.9. The van der Waals surface area contributed by atoms with Crippen molar-refractivity contribution < 1.29 is 17.9 Å². The van der Waals surface area contributed by atoms with E-state index in [9.17, 15) is 13.2 Å². The van der Waals surface area contributed by atoms with Gasteiger partial charge in [-0.05, 0) is 30.3 Å². The molecule has 0 radical (unpaired) electrons. The summed E-state index contributed by atoms with van der Waals surface area (Å²) in [5, 5.41) is 5.63. The minimum absolute atomic E-state index is 0.0183. The van der Waals surface area contributed by atoms with Crippen LogP contribution in [-0.4, -0.2) is 34.2 Å². The molecule has 0 aliphatic rings. The first-order valence-electron chi connectivity index (χ1n) is 6.86. The molecule has 0 aliphatic carbocycles. The number of amides is 1. The van der Waals surface area contributed by atoms with Crippen LogP contribution in [0.25, 0.3) is 0 Å². The smallest absolute Gasteiger partial charge is 0.243 e. The van der Waals surface area contributed by atoms with E-state index < -0.39 is 9.84 Å². The Balaban J connectivity index is 1.96. The largest absolute Gasteiger partial charge is 0.497 e. The number of benzene rings is 2. The van der Waals surface area contributed by atoms with Crippen molar-refractivity contribution in [3.63, 3.8) is 0 Å². The molecule has 122 valence electrons. The molecule has 2 rings (SSSR count). The van der Waals surface area contributed by atoms with Gasteiger partial charge in [0.25, 0.3) is 0 Å². The van der Waals surface area contributed by atoms with Crippen LogP contribution in [0.2, 0.25) is 0 Å². The van der Waals surface area contributed by atoms with Gasteiger partial charge in [0, 0.05) is 23.7 Å². The first-order chi connectivity index (χ1) is 10.9. The lowest BCUT2D eigenvalue weighted by Crippen LogP contribution is -2.21. The van der Waals surface area contributed by atoms with Crippen LogP contribution in [0.3, 0.4) is 0 Å². The summed E-state index contributed by atoms with van der Waals surface area (Å²) in [5.41, 5.74) is 1.19. The van der Waals surface area contributed by atoms with Crippen molar-refractivity contribution in [2.45, 2.75) is 4.90 Å². The van der Waals surface area contributed by atoms with Crippen LogP contribution >= 0.6 is 0 Å².